The summed E-state index contributed by atoms with van der Waals surface area (Å²) < 4.78 is 5.82. The van der Waals surface area contributed by atoms with E-state index in [1.165, 1.54) is 6.33 Å². The topological polar surface area (TPSA) is 134 Å². The van der Waals surface area contributed by atoms with Crippen molar-refractivity contribution in [2.75, 3.05) is 12.3 Å². The Hall–Kier alpha value is -1.61. The minimum Gasteiger partial charge on any atom is -0.394 e. The first-order chi connectivity index (χ1) is 10.1. The molecule has 21 heavy (non-hydrogen) atoms. The Kier molecular flexibility index (Phi) is 2.62. The van der Waals surface area contributed by atoms with Crippen molar-refractivity contribution in [3.8, 4) is 0 Å². The van der Waals surface area contributed by atoms with Gasteiger partial charge in [0.25, 0.3) is 0 Å². The van der Waals surface area contributed by atoms with Crippen LogP contribution in [0.5, 0.6) is 0 Å². The summed E-state index contributed by atoms with van der Waals surface area (Å²) >= 11 is 0. The minimum absolute atomic E-state index is 0.0435. The second-order valence-electron chi connectivity index (χ2n) is 5.75. The molecule has 4 rings (SSSR count). The fraction of sp³-hybridized carbons (Fsp3) is 0.615. The highest BCUT2D eigenvalue weighted by Crippen LogP contribution is 2.68. The van der Waals surface area contributed by atoms with Crippen LogP contribution >= 0.6 is 0 Å². The second kappa shape index (κ2) is 4.20. The smallest absolute Gasteiger partial charge is 0.153 e. The van der Waals surface area contributed by atoms with E-state index < -0.39 is 23.9 Å². The Balaban J connectivity index is 1.79. The van der Waals surface area contributed by atoms with Crippen LogP contribution in [0.25, 0.3) is 0 Å². The lowest BCUT2D eigenvalue weighted by Gasteiger charge is -2.17. The highest BCUT2D eigenvalue weighted by atomic mass is 16.6. The van der Waals surface area contributed by atoms with Gasteiger partial charge in [-0.3, -0.25) is 4.99 Å². The van der Waals surface area contributed by atoms with Gasteiger partial charge >= 0.3 is 0 Å². The SMILES string of the molecule is Nc1ncnc2c1N=CCC1C2[C@]12OC(CO)[C@@H](O)[C@H]2O. The maximum Gasteiger partial charge on any atom is 0.153 e. The molecule has 0 radical (unpaired) electrons. The molecule has 8 heteroatoms. The number of nitrogens with two attached hydrogens (primary N) is 1. The van der Waals surface area contributed by atoms with Gasteiger partial charge in [0, 0.05) is 18.1 Å². The van der Waals surface area contributed by atoms with E-state index in [9.17, 15) is 15.3 Å². The third-order valence-electron chi connectivity index (χ3n) is 4.81. The van der Waals surface area contributed by atoms with Gasteiger partial charge in [-0.2, -0.15) is 0 Å². The summed E-state index contributed by atoms with van der Waals surface area (Å²) in [6.07, 6.45) is 0.697. The number of rotatable bonds is 1. The van der Waals surface area contributed by atoms with Crippen molar-refractivity contribution in [2.45, 2.75) is 36.3 Å². The molecule has 1 aromatic heterocycles. The first-order valence-electron chi connectivity index (χ1n) is 6.89. The number of aromatic nitrogens is 2. The number of fused-ring (bicyclic) bond motifs is 5. The molecule has 2 fully saturated rings. The molecule has 5 N–H and O–H groups in total. The standard InChI is InChI=1S/C13H16N4O4/c14-12-9-8(16-4-17-12)7-5(1-2-15-9)13(7)11(20)10(19)6(3-18)21-13/h2,4-7,10-11,18-20H,1,3H2,(H2,14,16,17)/t5?,6?,7?,10-,11-,13-/m1/s1. The summed E-state index contributed by atoms with van der Waals surface area (Å²) in [5.41, 5.74) is 6.04. The van der Waals surface area contributed by atoms with Gasteiger partial charge in [-0.15, -0.1) is 0 Å². The normalized spacial score (nSPS) is 43.5. The third kappa shape index (κ3) is 1.50. The van der Waals surface area contributed by atoms with Crippen LogP contribution in [-0.2, 0) is 4.74 Å². The van der Waals surface area contributed by atoms with E-state index in [0.717, 1.165) is 0 Å². The molecule has 3 aliphatic rings. The zero-order chi connectivity index (χ0) is 14.8. The zero-order valence-corrected chi connectivity index (χ0v) is 11.1. The van der Waals surface area contributed by atoms with Gasteiger partial charge in [0.2, 0.25) is 0 Å². The lowest BCUT2D eigenvalue weighted by Crippen LogP contribution is -2.36. The molecule has 8 nitrogen and oxygen atoms in total. The molecule has 0 aromatic carbocycles. The van der Waals surface area contributed by atoms with E-state index >= 15 is 0 Å². The molecular formula is C13H16N4O4. The molecule has 3 heterocycles. The van der Waals surface area contributed by atoms with Gasteiger partial charge in [0.1, 0.15) is 35.9 Å². The number of nitrogen functional groups attached to an aromatic ring is 1. The second-order valence-corrected chi connectivity index (χ2v) is 5.75. The fourth-order valence-corrected chi connectivity index (χ4v) is 3.79. The van der Waals surface area contributed by atoms with Gasteiger partial charge in [0.05, 0.1) is 12.3 Å². The number of aliphatic hydroxyl groups is 3. The van der Waals surface area contributed by atoms with Gasteiger partial charge in [-0.25, -0.2) is 9.97 Å². The Morgan fingerprint density at radius 1 is 1.38 bits per heavy atom. The molecule has 1 aromatic rings. The van der Waals surface area contributed by atoms with Gasteiger partial charge in [0.15, 0.2) is 5.82 Å². The number of hydrogen-bond acceptors (Lipinski definition) is 8. The summed E-state index contributed by atoms with van der Waals surface area (Å²) in [5.74, 6) is 0.0326. The molecule has 1 saturated heterocycles. The van der Waals surface area contributed by atoms with E-state index in [-0.39, 0.29) is 24.3 Å². The lowest BCUT2D eigenvalue weighted by molar-refractivity contribution is -0.0429. The Labute approximate surface area is 120 Å². The van der Waals surface area contributed by atoms with E-state index in [1.807, 2.05) is 0 Å². The highest BCUT2D eigenvalue weighted by molar-refractivity contribution is 5.75. The average Bonchev–Trinajstić information content (AvgIpc) is 3.10. The third-order valence-corrected chi connectivity index (χ3v) is 4.81. The predicted octanol–water partition coefficient (Wildman–Crippen LogP) is -1.27. The number of anilines is 1. The molecule has 3 unspecified atom stereocenters. The van der Waals surface area contributed by atoms with Crippen molar-refractivity contribution in [2.24, 2.45) is 10.9 Å². The van der Waals surface area contributed by atoms with Crippen LogP contribution in [0.2, 0.25) is 0 Å². The largest absolute Gasteiger partial charge is 0.394 e. The minimum atomic E-state index is -1.11. The van der Waals surface area contributed by atoms with Gasteiger partial charge in [-0.05, 0) is 6.42 Å². The molecular weight excluding hydrogens is 276 g/mol. The average molecular weight is 292 g/mol. The molecule has 6 atom stereocenters. The molecule has 2 aliphatic heterocycles. The summed E-state index contributed by atoms with van der Waals surface area (Å²) in [6.45, 7) is -0.341. The summed E-state index contributed by atoms with van der Waals surface area (Å²) in [7, 11) is 0. The molecule has 1 spiro atoms. The lowest BCUT2D eigenvalue weighted by atomic mass is 10.0. The summed E-state index contributed by atoms with van der Waals surface area (Å²) in [4.78, 5) is 12.5. The van der Waals surface area contributed by atoms with Gasteiger partial charge in [-0.1, -0.05) is 0 Å². The van der Waals surface area contributed by atoms with Crippen molar-refractivity contribution < 1.29 is 20.1 Å². The van der Waals surface area contributed by atoms with Crippen molar-refractivity contribution in [3.05, 3.63) is 12.0 Å². The van der Waals surface area contributed by atoms with Gasteiger partial charge < -0.3 is 25.8 Å². The Morgan fingerprint density at radius 2 is 2.19 bits per heavy atom. The van der Waals surface area contributed by atoms with E-state index in [0.29, 0.717) is 17.8 Å². The number of ether oxygens (including phenoxy) is 1. The van der Waals surface area contributed by atoms with Crippen molar-refractivity contribution >= 4 is 17.7 Å². The first kappa shape index (κ1) is 13.1. The van der Waals surface area contributed by atoms with Crippen LogP contribution in [-0.4, -0.2) is 62.0 Å². The van der Waals surface area contributed by atoms with Crippen LogP contribution in [0.4, 0.5) is 11.5 Å². The zero-order valence-electron chi connectivity index (χ0n) is 11.1. The van der Waals surface area contributed by atoms with Crippen LogP contribution in [0.1, 0.15) is 18.0 Å². The quantitative estimate of drug-likeness (QED) is 0.507. The van der Waals surface area contributed by atoms with Crippen LogP contribution < -0.4 is 5.73 Å². The fourth-order valence-electron chi connectivity index (χ4n) is 3.79. The van der Waals surface area contributed by atoms with Crippen LogP contribution in [0.15, 0.2) is 11.3 Å². The van der Waals surface area contributed by atoms with Crippen molar-refractivity contribution in [3.63, 3.8) is 0 Å². The Bertz CT molecular complexity index is 624. The summed E-state index contributed by atoms with van der Waals surface area (Å²) in [6, 6.07) is 0. The van der Waals surface area contributed by atoms with E-state index in [1.54, 1.807) is 6.21 Å². The maximum atomic E-state index is 10.4. The molecule has 1 saturated carbocycles. The number of aliphatic hydroxyl groups excluding tert-OH is 3. The molecule has 112 valence electrons. The molecule has 0 bridgehead atoms. The van der Waals surface area contributed by atoms with E-state index in [2.05, 4.69) is 15.0 Å². The Morgan fingerprint density at radius 3 is 2.90 bits per heavy atom. The number of nitrogens with zero attached hydrogens (tertiary/aromatic N) is 3. The maximum absolute atomic E-state index is 10.4. The van der Waals surface area contributed by atoms with Crippen molar-refractivity contribution in [1.29, 1.82) is 0 Å². The predicted molar refractivity (Wildman–Crippen MR) is 72.1 cm³/mol. The van der Waals surface area contributed by atoms with Crippen LogP contribution in [0.3, 0.4) is 0 Å². The van der Waals surface area contributed by atoms with E-state index in [4.69, 9.17) is 10.5 Å². The molecule has 0 amide bonds. The van der Waals surface area contributed by atoms with Crippen molar-refractivity contribution in [1.82, 2.24) is 9.97 Å². The highest BCUT2D eigenvalue weighted by Gasteiger charge is 2.76. The molecule has 1 aliphatic carbocycles. The monoisotopic (exact) mass is 292 g/mol. The summed E-state index contributed by atoms with van der Waals surface area (Å²) in [5, 5.41) is 29.7. The van der Waals surface area contributed by atoms with Crippen LogP contribution in [0, 0.1) is 5.92 Å². The first-order valence-corrected chi connectivity index (χ1v) is 6.89. The number of aliphatic imine (C=N–C) groups is 1. The number of hydrogen-bond donors (Lipinski definition) is 4.